The first-order chi connectivity index (χ1) is 20.0. The van der Waals surface area contributed by atoms with E-state index in [0.29, 0.717) is 52.6 Å². The third-order valence-corrected chi connectivity index (χ3v) is 11.6. The molecular weight excluding hydrogens is 604 g/mol. The van der Waals surface area contributed by atoms with E-state index in [1.165, 1.54) is 12.1 Å². The van der Waals surface area contributed by atoms with Gasteiger partial charge in [-0.1, -0.05) is 41.4 Å². The predicted octanol–water partition coefficient (Wildman–Crippen LogP) is 6.50. The maximum absolute atomic E-state index is 14.2. The minimum absolute atomic E-state index is 0.0335. The number of nitrogens with zero attached hydrogens (tertiary/aromatic N) is 1. The van der Waals surface area contributed by atoms with Gasteiger partial charge in [0.25, 0.3) is 0 Å². The number of hydrogen-bond acceptors (Lipinski definition) is 5. The monoisotopic (exact) mass is 633 g/mol. The summed E-state index contributed by atoms with van der Waals surface area (Å²) in [5, 5.41) is 10.2. The number of sulfone groups is 1. The summed E-state index contributed by atoms with van der Waals surface area (Å²) < 4.78 is 46.5. The number of benzene rings is 3. The maximum atomic E-state index is 14.2. The second-order valence-corrected chi connectivity index (χ2v) is 13.9. The molecule has 0 spiro atoms. The first kappa shape index (κ1) is 30.3. The largest absolute Gasteiger partial charge is 0.489 e. The molecule has 5 rings (SSSR count). The van der Waals surface area contributed by atoms with E-state index in [0.717, 1.165) is 12.1 Å². The predicted molar refractivity (Wildman–Crippen MR) is 157 cm³/mol. The average Bonchev–Trinajstić information content (AvgIpc) is 3.45. The fraction of sp³-hybridized carbons (Fsp3) is 0.355. The normalized spacial score (nSPS) is 22.6. The van der Waals surface area contributed by atoms with Gasteiger partial charge < -0.3 is 14.7 Å². The lowest BCUT2D eigenvalue weighted by molar-refractivity contribution is -0.145. The molecule has 0 bridgehead atoms. The lowest BCUT2D eigenvalue weighted by Crippen LogP contribution is -2.42. The van der Waals surface area contributed by atoms with Gasteiger partial charge in [0.2, 0.25) is 5.91 Å². The molecule has 0 radical (unpaired) electrons. The van der Waals surface area contributed by atoms with Crippen molar-refractivity contribution in [2.75, 3.05) is 13.1 Å². The van der Waals surface area contributed by atoms with Crippen molar-refractivity contribution in [1.29, 1.82) is 0 Å². The van der Waals surface area contributed by atoms with E-state index in [4.69, 9.17) is 27.9 Å². The van der Waals surface area contributed by atoms with Gasteiger partial charge in [0.1, 0.15) is 22.9 Å². The van der Waals surface area contributed by atoms with Gasteiger partial charge in [-0.15, -0.1) is 0 Å². The Balaban J connectivity index is 1.41. The number of amides is 1. The summed E-state index contributed by atoms with van der Waals surface area (Å²) in [5.74, 6) is -1.90. The molecule has 1 saturated carbocycles. The highest BCUT2D eigenvalue weighted by atomic mass is 35.5. The Bertz CT molecular complexity index is 1550. The van der Waals surface area contributed by atoms with Crippen molar-refractivity contribution >= 4 is 44.9 Å². The molecule has 3 aromatic carbocycles. The zero-order valence-corrected chi connectivity index (χ0v) is 25.0. The zero-order valence-electron chi connectivity index (χ0n) is 22.6. The number of hydrogen-bond donors (Lipinski definition) is 1. The van der Waals surface area contributed by atoms with Crippen molar-refractivity contribution in [3.8, 4) is 5.75 Å². The minimum Gasteiger partial charge on any atom is -0.489 e. The first-order valence-electron chi connectivity index (χ1n) is 13.7. The topological polar surface area (TPSA) is 101 Å². The molecule has 1 saturated heterocycles. The van der Waals surface area contributed by atoms with Gasteiger partial charge in [0.15, 0.2) is 9.84 Å². The second kappa shape index (κ2) is 12.2. The third kappa shape index (κ3) is 5.87. The molecular formula is C31H30Cl2FNO6S. The fourth-order valence-corrected chi connectivity index (χ4v) is 8.53. The third-order valence-electron chi connectivity index (χ3n) is 8.43. The van der Waals surface area contributed by atoms with Crippen molar-refractivity contribution in [3.63, 3.8) is 0 Å². The van der Waals surface area contributed by atoms with Crippen LogP contribution in [0, 0.1) is 17.7 Å². The number of carbonyl (C=O) groups is 2. The van der Waals surface area contributed by atoms with Gasteiger partial charge in [0.05, 0.1) is 10.8 Å². The summed E-state index contributed by atoms with van der Waals surface area (Å²) in [4.78, 5) is 26.4. The number of rotatable bonds is 8. The molecule has 1 N–H and O–H groups in total. The number of ether oxygens (including phenoxy) is 1. The Hall–Kier alpha value is -3.14. The van der Waals surface area contributed by atoms with Crippen molar-refractivity contribution in [2.45, 2.75) is 48.4 Å². The van der Waals surface area contributed by atoms with Gasteiger partial charge in [-0.3, -0.25) is 9.59 Å². The molecule has 1 atom stereocenters. The van der Waals surface area contributed by atoms with Crippen LogP contribution in [0.5, 0.6) is 5.75 Å². The van der Waals surface area contributed by atoms with Crippen LogP contribution in [0.4, 0.5) is 4.39 Å². The standard InChI is InChI=1S/C31H30Cl2FNO6S/c32-27-2-1-3-28(33)26(27)18-41-24-12-8-22(9-13-24)31(42(39,40)25-14-10-23(34)11-15-25)16-17-35(19-31)29(36)20-4-6-21(7-5-20)30(37)38/h1-3,8-15,20-21H,4-7,16-19H2,(H,37,38)/t20-,21-,31-/m0/s1. The van der Waals surface area contributed by atoms with E-state index in [-0.39, 0.29) is 42.8 Å². The van der Waals surface area contributed by atoms with Gasteiger partial charge in [-0.25, -0.2) is 12.8 Å². The lowest BCUT2D eigenvalue weighted by Gasteiger charge is -2.32. The van der Waals surface area contributed by atoms with Crippen LogP contribution < -0.4 is 4.74 Å². The fourth-order valence-electron chi connectivity index (χ4n) is 5.95. The summed E-state index contributed by atoms with van der Waals surface area (Å²) >= 11 is 12.5. The number of aliphatic carboxylic acids is 1. The Labute approximate surface area is 254 Å². The summed E-state index contributed by atoms with van der Waals surface area (Å²) in [5.41, 5.74) is 1.11. The quantitative estimate of drug-likeness (QED) is 0.284. The van der Waals surface area contributed by atoms with Gasteiger partial charge in [0, 0.05) is 34.6 Å². The van der Waals surface area contributed by atoms with Gasteiger partial charge >= 0.3 is 5.97 Å². The molecule has 1 aliphatic heterocycles. The molecule has 42 heavy (non-hydrogen) atoms. The zero-order chi connectivity index (χ0) is 30.1. The van der Waals surface area contributed by atoms with Crippen molar-refractivity contribution in [3.05, 3.63) is 93.7 Å². The Kier molecular flexibility index (Phi) is 8.83. The number of carboxylic acid groups (broad SMARTS) is 1. The second-order valence-electron chi connectivity index (χ2n) is 10.9. The Morgan fingerprint density at radius 2 is 1.52 bits per heavy atom. The van der Waals surface area contributed by atoms with E-state index in [1.54, 1.807) is 47.4 Å². The van der Waals surface area contributed by atoms with E-state index in [9.17, 15) is 27.5 Å². The van der Waals surface area contributed by atoms with E-state index in [1.807, 2.05) is 0 Å². The van der Waals surface area contributed by atoms with E-state index in [2.05, 4.69) is 0 Å². The Morgan fingerprint density at radius 1 is 0.929 bits per heavy atom. The molecule has 1 aliphatic carbocycles. The van der Waals surface area contributed by atoms with Gasteiger partial charge in [-0.05, 0) is 86.2 Å². The highest BCUT2D eigenvalue weighted by Crippen LogP contribution is 2.45. The van der Waals surface area contributed by atoms with E-state index < -0.39 is 32.3 Å². The van der Waals surface area contributed by atoms with Crippen LogP contribution in [0.25, 0.3) is 0 Å². The molecule has 2 aliphatic rings. The van der Waals surface area contributed by atoms with Crippen molar-refractivity contribution in [2.24, 2.45) is 11.8 Å². The average molecular weight is 635 g/mol. The van der Waals surface area contributed by atoms with Crippen LogP contribution in [0.1, 0.15) is 43.2 Å². The van der Waals surface area contributed by atoms with Crippen LogP contribution in [-0.4, -0.2) is 43.4 Å². The minimum atomic E-state index is -4.08. The SMILES string of the molecule is O=C(O)[C@H]1CC[C@H](C(=O)N2CC[C@](c3ccc(OCc4c(Cl)cccc4Cl)cc3)(S(=O)(=O)c3ccc(F)cc3)C2)CC1. The molecule has 11 heteroatoms. The molecule has 1 amide bonds. The van der Waals surface area contributed by atoms with Crippen molar-refractivity contribution in [1.82, 2.24) is 4.90 Å². The van der Waals surface area contributed by atoms with Gasteiger partial charge in [-0.2, -0.15) is 0 Å². The summed E-state index contributed by atoms with van der Waals surface area (Å²) in [6.07, 6.45) is 1.88. The lowest BCUT2D eigenvalue weighted by atomic mass is 9.81. The highest BCUT2D eigenvalue weighted by molar-refractivity contribution is 7.92. The molecule has 0 aromatic heterocycles. The van der Waals surface area contributed by atoms with Crippen LogP contribution in [0.2, 0.25) is 10.0 Å². The summed E-state index contributed by atoms with van der Waals surface area (Å²) in [6, 6.07) is 16.6. The number of likely N-dealkylation sites (tertiary alicyclic amines) is 1. The smallest absolute Gasteiger partial charge is 0.306 e. The number of halogens is 3. The molecule has 3 aromatic rings. The van der Waals surface area contributed by atoms with Crippen molar-refractivity contribution < 1.29 is 32.2 Å². The van der Waals surface area contributed by atoms with Crippen LogP contribution in [0.15, 0.2) is 71.6 Å². The Morgan fingerprint density at radius 3 is 2.12 bits per heavy atom. The summed E-state index contributed by atoms with van der Waals surface area (Å²) in [6.45, 7) is 0.268. The van der Waals surface area contributed by atoms with Crippen LogP contribution in [-0.2, 0) is 30.8 Å². The molecule has 2 fully saturated rings. The number of carboxylic acids is 1. The van der Waals surface area contributed by atoms with E-state index >= 15 is 0 Å². The number of carbonyl (C=O) groups excluding carboxylic acids is 1. The van der Waals surface area contributed by atoms with Crippen LogP contribution in [0.3, 0.4) is 0 Å². The molecule has 0 unspecified atom stereocenters. The first-order valence-corrected chi connectivity index (χ1v) is 15.9. The van der Waals surface area contributed by atoms with Crippen LogP contribution >= 0.6 is 23.2 Å². The molecule has 7 nitrogen and oxygen atoms in total. The summed E-state index contributed by atoms with van der Waals surface area (Å²) in [7, 11) is -4.08. The molecule has 222 valence electrons. The highest BCUT2D eigenvalue weighted by Gasteiger charge is 2.52. The molecule has 1 heterocycles. The maximum Gasteiger partial charge on any atom is 0.306 e.